The molecule has 0 amide bonds. The summed E-state index contributed by atoms with van der Waals surface area (Å²) in [5.74, 6) is 0.608. The Labute approximate surface area is 361 Å². The second-order valence-electron chi connectivity index (χ2n) is 15.9. The van der Waals surface area contributed by atoms with Crippen molar-refractivity contribution in [2.45, 2.75) is 81.3 Å². The van der Waals surface area contributed by atoms with Crippen LogP contribution in [0.2, 0.25) is 0 Å². The number of carbonyl (C=O) groups excluding carboxylic acids is 2. The van der Waals surface area contributed by atoms with Crippen LogP contribution in [-0.4, -0.2) is 68.9 Å². The molecule has 2 aromatic heterocycles. The van der Waals surface area contributed by atoms with Gasteiger partial charge in [0.2, 0.25) is 0 Å². The first-order valence-corrected chi connectivity index (χ1v) is 20.8. The first-order valence-electron chi connectivity index (χ1n) is 20.8. The number of esters is 2. The average Bonchev–Trinajstić information content (AvgIpc) is 3.72. The van der Waals surface area contributed by atoms with Crippen molar-refractivity contribution < 1.29 is 49.0 Å². The van der Waals surface area contributed by atoms with Crippen LogP contribution in [0.15, 0.2) is 48.5 Å². The second kappa shape index (κ2) is 16.9. The summed E-state index contributed by atoms with van der Waals surface area (Å²) in [4.78, 5) is 26.4. The van der Waals surface area contributed by atoms with Crippen LogP contribution in [0.25, 0.3) is 44.8 Å². The number of aromatic nitrogens is 2. The summed E-state index contributed by atoms with van der Waals surface area (Å²) >= 11 is 0. The van der Waals surface area contributed by atoms with Crippen molar-refractivity contribution in [3.05, 3.63) is 104 Å². The van der Waals surface area contributed by atoms with E-state index in [1.54, 1.807) is 32.0 Å². The average molecular weight is 843 g/mol. The number of phenolic OH excluding ortho intramolecular Hbond substituents is 4. The van der Waals surface area contributed by atoms with Crippen molar-refractivity contribution in [3.63, 3.8) is 0 Å². The largest absolute Gasteiger partial charge is 0.507 e. The van der Waals surface area contributed by atoms with Gasteiger partial charge >= 0.3 is 11.9 Å². The topological polar surface area (TPSA) is 162 Å². The molecule has 0 bridgehead atoms. The molecule has 0 unspecified atom stereocenters. The number of hydrogen-bond donors (Lipinski definition) is 4. The van der Waals surface area contributed by atoms with E-state index < -0.39 is 11.9 Å². The van der Waals surface area contributed by atoms with Crippen molar-refractivity contribution in [1.82, 2.24) is 9.13 Å². The van der Waals surface area contributed by atoms with Crippen LogP contribution < -0.4 is 9.47 Å². The minimum Gasteiger partial charge on any atom is -0.507 e. The third kappa shape index (κ3) is 7.26. The molecule has 62 heavy (non-hydrogen) atoms. The lowest BCUT2D eigenvalue weighted by Crippen LogP contribution is -2.14. The van der Waals surface area contributed by atoms with Crippen LogP contribution in [0.3, 0.4) is 0 Å². The molecule has 4 heterocycles. The number of fused-ring (bicyclic) bond motifs is 6. The molecule has 4 aromatic carbocycles. The Morgan fingerprint density at radius 3 is 1.32 bits per heavy atom. The van der Waals surface area contributed by atoms with E-state index in [0.29, 0.717) is 35.7 Å². The van der Waals surface area contributed by atoms with Gasteiger partial charge in [-0.3, -0.25) is 0 Å². The molecule has 12 nitrogen and oxygen atoms in total. The molecule has 0 saturated carbocycles. The van der Waals surface area contributed by atoms with Gasteiger partial charge in [0.1, 0.15) is 11.5 Å². The number of benzene rings is 4. The number of nitrogens with zero attached hydrogens (tertiary/aromatic N) is 2. The first kappa shape index (κ1) is 43.3. The van der Waals surface area contributed by atoms with Crippen LogP contribution in [0.5, 0.6) is 34.5 Å². The molecule has 2 aliphatic heterocycles. The molecular formula is C50H54N2O10. The molecule has 2 aliphatic rings. The predicted octanol–water partition coefficient (Wildman–Crippen LogP) is 9.80. The van der Waals surface area contributed by atoms with Gasteiger partial charge in [0, 0.05) is 46.7 Å². The highest BCUT2D eigenvalue weighted by atomic mass is 16.5. The second-order valence-corrected chi connectivity index (χ2v) is 15.9. The minimum atomic E-state index is -0.402. The smallest absolute Gasteiger partial charge is 0.340 e. The van der Waals surface area contributed by atoms with Gasteiger partial charge in [-0.25, -0.2) is 9.59 Å². The molecule has 6 aromatic rings. The fourth-order valence-electron chi connectivity index (χ4n) is 9.17. The van der Waals surface area contributed by atoms with Crippen molar-refractivity contribution in [2.75, 3.05) is 27.4 Å². The molecule has 0 radical (unpaired) electrons. The third-order valence-electron chi connectivity index (χ3n) is 12.1. The Kier molecular flexibility index (Phi) is 11.8. The maximum Gasteiger partial charge on any atom is 0.340 e. The van der Waals surface area contributed by atoms with E-state index in [1.807, 2.05) is 71.9 Å². The summed E-state index contributed by atoms with van der Waals surface area (Å²) in [7, 11) is 3.03. The van der Waals surface area contributed by atoms with Crippen LogP contribution in [0.1, 0.15) is 79.3 Å². The maximum absolute atomic E-state index is 13.2. The fraction of sp³-hybridized carbons (Fsp3) is 0.320. The van der Waals surface area contributed by atoms with E-state index in [0.717, 1.165) is 102 Å². The highest BCUT2D eigenvalue weighted by Gasteiger charge is 2.34. The lowest BCUT2D eigenvalue weighted by atomic mass is 9.92. The molecule has 0 aliphatic carbocycles. The summed E-state index contributed by atoms with van der Waals surface area (Å²) in [6.07, 6.45) is 1.48. The van der Waals surface area contributed by atoms with E-state index in [4.69, 9.17) is 18.9 Å². The Bertz CT molecular complexity index is 2740. The molecule has 8 rings (SSSR count). The van der Waals surface area contributed by atoms with Gasteiger partial charge in [-0.2, -0.15) is 0 Å². The van der Waals surface area contributed by atoms with Gasteiger partial charge in [-0.05, 0) is 161 Å². The Morgan fingerprint density at radius 2 is 0.919 bits per heavy atom. The van der Waals surface area contributed by atoms with E-state index in [-0.39, 0.29) is 36.2 Å². The zero-order valence-electron chi connectivity index (χ0n) is 37.0. The van der Waals surface area contributed by atoms with E-state index >= 15 is 0 Å². The highest BCUT2D eigenvalue weighted by Crippen LogP contribution is 2.48. The SMILES string of the molecule is CCOC(=O)c1c(-c2cc(C)c(O)c(C)c2)c(C)n2c1-c1cc(O)c(OC)cc1CC2.CCOC(=O)c1c(-c2cc(C)c(O)c(C)c2)c(C)n2c1-c1cc(OC)c(O)cc1CC2. The molecule has 324 valence electrons. The van der Waals surface area contributed by atoms with Gasteiger partial charge in [-0.1, -0.05) is 0 Å². The number of aromatic hydroxyl groups is 4. The van der Waals surface area contributed by atoms with Gasteiger partial charge < -0.3 is 48.5 Å². The maximum atomic E-state index is 13.2. The lowest BCUT2D eigenvalue weighted by Gasteiger charge is -2.22. The third-order valence-corrected chi connectivity index (χ3v) is 12.1. The Morgan fingerprint density at radius 1 is 0.548 bits per heavy atom. The van der Waals surface area contributed by atoms with Gasteiger partial charge in [-0.15, -0.1) is 0 Å². The van der Waals surface area contributed by atoms with Crippen molar-refractivity contribution in [3.8, 4) is 79.3 Å². The quantitative estimate of drug-likeness (QED) is 0.109. The summed E-state index contributed by atoms with van der Waals surface area (Å²) in [5, 5.41) is 41.2. The van der Waals surface area contributed by atoms with Crippen molar-refractivity contribution in [1.29, 1.82) is 0 Å². The van der Waals surface area contributed by atoms with E-state index in [1.165, 1.54) is 14.2 Å². The van der Waals surface area contributed by atoms with Gasteiger partial charge in [0.25, 0.3) is 0 Å². The number of carbonyl (C=O) groups is 2. The van der Waals surface area contributed by atoms with Crippen molar-refractivity contribution in [2.24, 2.45) is 0 Å². The van der Waals surface area contributed by atoms with Crippen LogP contribution in [0, 0.1) is 41.5 Å². The van der Waals surface area contributed by atoms with Crippen LogP contribution in [-0.2, 0) is 35.4 Å². The summed E-state index contributed by atoms with van der Waals surface area (Å²) in [6.45, 7) is 16.9. The summed E-state index contributed by atoms with van der Waals surface area (Å²) < 4.78 is 25.8. The number of ether oxygens (including phenoxy) is 4. The molecule has 0 saturated heterocycles. The Hall–Kier alpha value is -6.82. The van der Waals surface area contributed by atoms with Crippen LogP contribution >= 0.6 is 0 Å². The standard InChI is InChI=1S/2C25H27NO5/c1-6-31-25(29)22-21(17-9-13(2)24(28)14(3)10-17)15(4)26-8-7-16-11-20(30-5)19(27)12-18(16)23(22)26;1-6-31-25(29)22-21(17-9-13(2)24(28)14(3)10-17)15(4)26-8-7-16-11-19(27)20(30-5)12-18(16)23(22)26/h2*9-12,27-28H,6-8H2,1-5H3. The van der Waals surface area contributed by atoms with Crippen molar-refractivity contribution >= 4 is 11.9 Å². The highest BCUT2D eigenvalue weighted by molar-refractivity contribution is 6.07. The minimum absolute atomic E-state index is 0.0289. The number of aryl methyl sites for hydroxylation is 6. The molecule has 0 atom stereocenters. The molecule has 12 heteroatoms. The monoisotopic (exact) mass is 842 g/mol. The summed E-state index contributed by atoms with van der Waals surface area (Å²) in [6, 6.07) is 14.6. The molecule has 0 spiro atoms. The van der Waals surface area contributed by atoms with Gasteiger partial charge in [0.15, 0.2) is 23.0 Å². The zero-order valence-corrected chi connectivity index (χ0v) is 37.0. The molecule has 0 fully saturated rings. The predicted molar refractivity (Wildman–Crippen MR) is 238 cm³/mol. The summed E-state index contributed by atoms with van der Waals surface area (Å²) in [5.41, 5.74) is 14.3. The normalized spacial score (nSPS) is 12.3. The number of hydrogen-bond acceptors (Lipinski definition) is 10. The number of methoxy groups -OCH3 is 2. The fourth-order valence-corrected chi connectivity index (χ4v) is 9.17. The number of phenols is 4. The molecule has 4 N–H and O–H groups in total. The molecular weight excluding hydrogens is 789 g/mol. The zero-order chi connectivity index (χ0) is 44.9. The lowest BCUT2D eigenvalue weighted by molar-refractivity contribution is 0.0518. The first-order chi connectivity index (χ1) is 29.6. The van der Waals surface area contributed by atoms with Gasteiger partial charge in [0.05, 0.1) is 49.9 Å². The van der Waals surface area contributed by atoms with E-state index in [2.05, 4.69) is 9.13 Å². The van der Waals surface area contributed by atoms with E-state index in [9.17, 15) is 30.0 Å². The number of rotatable bonds is 8. The van der Waals surface area contributed by atoms with Crippen LogP contribution in [0.4, 0.5) is 0 Å². The Balaban J connectivity index is 0.000000186.